The van der Waals surface area contributed by atoms with E-state index in [2.05, 4.69) is 27.4 Å². The van der Waals surface area contributed by atoms with Gasteiger partial charge in [0.15, 0.2) is 0 Å². The quantitative estimate of drug-likeness (QED) is 0.368. The summed E-state index contributed by atoms with van der Waals surface area (Å²) in [5.74, 6) is 1.70. The summed E-state index contributed by atoms with van der Waals surface area (Å²) in [6.07, 6.45) is -0.00602. The van der Waals surface area contributed by atoms with E-state index in [1.54, 1.807) is 12.4 Å². The fraction of sp³-hybridized carbons (Fsp3) is 0.429. The van der Waals surface area contributed by atoms with Crippen molar-refractivity contribution in [1.29, 1.82) is 0 Å². The van der Waals surface area contributed by atoms with Crippen molar-refractivity contribution >= 4 is 10.9 Å². The zero-order chi connectivity index (χ0) is 27.2. The first-order valence-corrected chi connectivity index (χ1v) is 12.8. The van der Waals surface area contributed by atoms with Crippen molar-refractivity contribution in [2.45, 2.75) is 51.7 Å². The number of hydrogen-bond donors (Lipinski definition) is 1. The Kier molecular flexibility index (Phi) is 6.63. The SMILES string of the molecule is CC(C)CNCc1cc(C(F)(F)F)c2ncn(-c3cccc(C4(c5nncn5C)CC(C)C4)c3)c(=O)c2c1. The van der Waals surface area contributed by atoms with Crippen LogP contribution in [0.15, 0.2) is 53.8 Å². The number of aromatic nitrogens is 5. The number of benzene rings is 2. The van der Waals surface area contributed by atoms with Gasteiger partial charge in [0.25, 0.3) is 5.56 Å². The molecule has 0 amide bonds. The van der Waals surface area contributed by atoms with E-state index >= 15 is 0 Å². The van der Waals surface area contributed by atoms with Crippen molar-refractivity contribution in [3.63, 3.8) is 0 Å². The molecule has 38 heavy (non-hydrogen) atoms. The van der Waals surface area contributed by atoms with Crippen LogP contribution in [0.4, 0.5) is 13.2 Å². The maximum atomic E-state index is 13.9. The van der Waals surface area contributed by atoms with Crippen LogP contribution in [0.25, 0.3) is 16.6 Å². The zero-order valence-electron chi connectivity index (χ0n) is 21.9. The number of alkyl halides is 3. The second-order valence-electron chi connectivity index (χ2n) is 10.9. The van der Waals surface area contributed by atoms with Gasteiger partial charge in [-0.25, -0.2) is 4.98 Å². The predicted molar refractivity (Wildman–Crippen MR) is 139 cm³/mol. The maximum absolute atomic E-state index is 13.9. The van der Waals surface area contributed by atoms with Crippen molar-refractivity contribution in [3.8, 4) is 5.69 Å². The standard InChI is InChI=1S/C28H31F3N6O/c1-17(2)13-32-14-19-8-22-24(23(9-19)28(29,30)31)33-15-37(25(22)38)21-7-5-6-20(10-21)27(11-18(3)12-27)26-35-34-16-36(26)4/h5-10,15-18,32H,11-14H2,1-4H3. The van der Waals surface area contributed by atoms with Crippen LogP contribution < -0.4 is 10.9 Å². The van der Waals surface area contributed by atoms with E-state index in [0.29, 0.717) is 29.6 Å². The van der Waals surface area contributed by atoms with E-state index in [1.165, 1.54) is 17.0 Å². The van der Waals surface area contributed by atoms with Crippen molar-refractivity contribution in [2.24, 2.45) is 18.9 Å². The van der Waals surface area contributed by atoms with Crippen molar-refractivity contribution < 1.29 is 13.2 Å². The largest absolute Gasteiger partial charge is 0.418 e. The zero-order valence-corrected chi connectivity index (χ0v) is 21.9. The monoisotopic (exact) mass is 524 g/mol. The first-order valence-electron chi connectivity index (χ1n) is 12.8. The summed E-state index contributed by atoms with van der Waals surface area (Å²) in [6.45, 7) is 7.09. The number of hydrogen-bond acceptors (Lipinski definition) is 5. The molecule has 0 saturated heterocycles. The van der Waals surface area contributed by atoms with Crippen LogP contribution in [0, 0.1) is 11.8 Å². The molecule has 1 N–H and O–H groups in total. The van der Waals surface area contributed by atoms with Gasteiger partial charge in [-0.15, -0.1) is 10.2 Å². The molecule has 1 fully saturated rings. The molecule has 2 aromatic carbocycles. The summed E-state index contributed by atoms with van der Waals surface area (Å²) < 4.78 is 45.1. The first-order chi connectivity index (χ1) is 18.0. The van der Waals surface area contributed by atoms with E-state index in [1.807, 2.05) is 43.7 Å². The summed E-state index contributed by atoms with van der Waals surface area (Å²) in [4.78, 5) is 17.8. The fourth-order valence-electron chi connectivity index (χ4n) is 5.65. The number of nitrogens with zero attached hydrogens (tertiary/aromatic N) is 5. The molecule has 0 aliphatic heterocycles. The van der Waals surface area contributed by atoms with Gasteiger partial charge in [0.05, 0.1) is 27.6 Å². The Morgan fingerprint density at radius 3 is 2.55 bits per heavy atom. The average Bonchev–Trinajstić information content (AvgIpc) is 3.27. The van der Waals surface area contributed by atoms with E-state index < -0.39 is 17.3 Å². The van der Waals surface area contributed by atoms with Gasteiger partial charge < -0.3 is 9.88 Å². The van der Waals surface area contributed by atoms with Crippen LogP contribution in [0.3, 0.4) is 0 Å². The normalized spacial score (nSPS) is 19.7. The Bertz CT molecular complexity index is 1530. The van der Waals surface area contributed by atoms with Gasteiger partial charge >= 0.3 is 6.18 Å². The highest BCUT2D eigenvalue weighted by atomic mass is 19.4. The van der Waals surface area contributed by atoms with Crippen LogP contribution in [-0.4, -0.2) is 30.9 Å². The molecule has 0 bridgehead atoms. The first kappa shape index (κ1) is 26.1. The Hall–Kier alpha value is -3.53. The molecule has 10 heteroatoms. The van der Waals surface area contributed by atoms with Gasteiger partial charge in [-0.1, -0.05) is 32.9 Å². The molecule has 2 heterocycles. The average molecular weight is 525 g/mol. The molecule has 7 nitrogen and oxygen atoms in total. The topological polar surface area (TPSA) is 77.6 Å². The number of nitrogens with one attached hydrogen (secondary N) is 1. The minimum atomic E-state index is -4.64. The number of rotatable bonds is 7. The van der Waals surface area contributed by atoms with Crippen molar-refractivity contribution in [3.05, 3.63) is 81.9 Å². The lowest BCUT2D eigenvalue weighted by Crippen LogP contribution is -2.43. The summed E-state index contributed by atoms with van der Waals surface area (Å²) in [6, 6.07) is 10.1. The van der Waals surface area contributed by atoms with E-state index in [-0.39, 0.29) is 22.9 Å². The molecule has 5 rings (SSSR count). The third-order valence-corrected chi connectivity index (χ3v) is 7.32. The lowest BCUT2D eigenvalue weighted by molar-refractivity contribution is -0.136. The Morgan fingerprint density at radius 2 is 1.92 bits per heavy atom. The molecule has 0 unspecified atom stereocenters. The highest BCUT2D eigenvalue weighted by molar-refractivity contribution is 5.82. The summed E-state index contributed by atoms with van der Waals surface area (Å²) >= 11 is 0. The lowest BCUT2D eigenvalue weighted by atomic mass is 9.58. The number of aryl methyl sites for hydroxylation is 1. The molecule has 0 radical (unpaired) electrons. The van der Waals surface area contributed by atoms with Crippen LogP contribution in [0.1, 0.15) is 56.1 Å². The highest BCUT2D eigenvalue weighted by Gasteiger charge is 2.48. The number of halogens is 3. The van der Waals surface area contributed by atoms with Gasteiger partial charge in [0.2, 0.25) is 0 Å². The van der Waals surface area contributed by atoms with E-state index in [4.69, 9.17) is 0 Å². The van der Waals surface area contributed by atoms with Crippen LogP contribution in [0.2, 0.25) is 0 Å². The molecule has 1 saturated carbocycles. The smallest absolute Gasteiger partial charge is 0.320 e. The third kappa shape index (κ3) is 4.62. The molecular weight excluding hydrogens is 493 g/mol. The minimum absolute atomic E-state index is 0.0608. The Balaban J connectivity index is 1.61. The minimum Gasteiger partial charge on any atom is -0.320 e. The van der Waals surface area contributed by atoms with Gasteiger partial charge in [0, 0.05) is 13.6 Å². The Morgan fingerprint density at radius 1 is 1.16 bits per heavy atom. The molecule has 1 aliphatic rings. The van der Waals surface area contributed by atoms with E-state index in [9.17, 15) is 18.0 Å². The second-order valence-corrected chi connectivity index (χ2v) is 10.9. The fourth-order valence-corrected chi connectivity index (χ4v) is 5.65. The third-order valence-electron chi connectivity index (χ3n) is 7.32. The second kappa shape index (κ2) is 9.65. The number of fused-ring (bicyclic) bond motifs is 1. The summed E-state index contributed by atoms with van der Waals surface area (Å²) in [7, 11) is 1.91. The van der Waals surface area contributed by atoms with Gasteiger partial charge in [0.1, 0.15) is 18.5 Å². The molecule has 2 aromatic heterocycles. The van der Waals surface area contributed by atoms with Crippen molar-refractivity contribution in [1.82, 2.24) is 29.6 Å². The van der Waals surface area contributed by atoms with Crippen molar-refractivity contribution in [2.75, 3.05) is 6.54 Å². The molecule has 1 aliphatic carbocycles. The molecule has 0 atom stereocenters. The van der Waals surface area contributed by atoms with Crippen LogP contribution in [-0.2, 0) is 25.2 Å². The molecular formula is C28H31F3N6O. The van der Waals surface area contributed by atoms with E-state index in [0.717, 1.165) is 30.3 Å². The predicted octanol–water partition coefficient (Wildman–Crippen LogP) is 4.99. The van der Waals surface area contributed by atoms with Gasteiger partial charge in [-0.3, -0.25) is 9.36 Å². The van der Waals surface area contributed by atoms with Crippen LogP contribution >= 0.6 is 0 Å². The molecule has 4 aromatic rings. The summed E-state index contributed by atoms with van der Waals surface area (Å²) in [5, 5.41) is 11.5. The molecule has 200 valence electrons. The lowest BCUT2D eigenvalue weighted by Gasteiger charge is -2.46. The highest BCUT2D eigenvalue weighted by Crippen LogP contribution is 2.51. The Labute approximate surface area is 218 Å². The molecule has 0 spiro atoms. The van der Waals surface area contributed by atoms with Gasteiger partial charge in [-0.2, -0.15) is 13.2 Å². The summed E-state index contributed by atoms with van der Waals surface area (Å²) in [5.41, 5.74) is -0.213. The van der Waals surface area contributed by atoms with Crippen LogP contribution in [0.5, 0.6) is 0 Å². The van der Waals surface area contributed by atoms with Gasteiger partial charge in [-0.05, 0) is 66.6 Å². The maximum Gasteiger partial charge on any atom is 0.418 e.